The van der Waals surface area contributed by atoms with Gasteiger partial charge in [0.2, 0.25) is 5.95 Å². The van der Waals surface area contributed by atoms with Gasteiger partial charge in [-0.25, -0.2) is 9.97 Å². The van der Waals surface area contributed by atoms with Crippen LogP contribution in [0.1, 0.15) is 36.8 Å². The van der Waals surface area contributed by atoms with E-state index < -0.39 is 0 Å². The molecule has 138 valence electrons. The summed E-state index contributed by atoms with van der Waals surface area (Å²) in [6, 6.07) is 19.2. The van der Waals surface area contributed by atoms with E-state index in [0.717, 1.165) is 16.9 Å². The van der Waals surface area contributed by atoms with Gasteiger partial charge in [-0.3, -0.25) is 4.79 Å². The van der Waals surface area contributed by atoms with Crippen molar-refractivity contribution >= 4 is 23.2 Å². The number of rotatable bonds is 4. The fourth-order valence-electron chi connectivity index (χ4n) is 2.85. The molecule has 2 aromatic carbocycles. The van der Waals surface area contributed by atoms with Crippen molar-refractivity contribution in [1.29, 1.82) is 0 Å². The van der Waals surface area contributed by atoms with Crippen LogP contribution >= 0.6 is 0 Å². The third-order valence-electron chi connectivity index (χ3n) is 4.30. The molecule has 0 aliphatic rings. The number of hydrogen-bond donors (Lipinski definition) is 1. The molecule has 0 saturated carbocycles. The van der Waals surface area contributed by atoms with Gasteiger partial charge in [0, 0.05) is 24.6 Å². The van der Waals surface area contributed by atoms with Crippen molar-refractivity contribution in [2.24, 2.45) is 0 Å². The van der Waals surface area contributed by atoms with E-state index in [1.807, 2.05) is 48.5 Å². The number of benzene rings is 2. The summed E-state index contributed by atoms with van der Waals surface area (Å²) in [5.74, 6) is 0.217. The fraction of sp³-hybridized carbons (Fsp3) is 0.227. The number of hydrogen-bond acceptors (Lipinski definition) is 4. The monoisotopic (exact) mass is 360 g/mol. The van der Waals surface area contributed by atoms with E-state index >= 15 is 0 Å². The first-order chi connectivity index (χ1) is 12.9. The zero-order chi connectivity index (χ0) is 19.4. The van der Waals surface area contributed by atoms with Gasteiger partial charge in [0.15, 0.2) is 0 Å². The fourth-order valence-corrected chi connectivity index (χ4v) is 2.85. The maximum Gasteiger partial charge on any atom is 0.276 e. The van der Waals surface area contributed by atoms with E-state index in [9.17, 15) is 4.79 Å². The van der Waals surface area contributed by atoms with Gasteiger partial charge in [0.25, 0.3) is 5.91 Å². The summed E-state index contributed by atoms with van der Waals surface area (Å²) < 4.78 is 0. The van der Waals surface area contributed by atoms with Gasteiger partial charge in [-0.1, -0.05) is 57.2 Å². The van der Waals surface area contributed by atoms with Gasteiger partial charge < -0.3 is 10.2 Å². The van der Waals surface area contributed by atoms with Crippen LogP contribution < -0.4 is 10.2 Å². The maximum atomic E-state index is 12.8. The number of nitrogens with one attached hydrogen (secondary N) is 1. The van der Waals surface area contributed by atoms with Crippen molar-refractivity contribution in [2.45, 2.75) is 26.2 Å². The lowest BCUT2D eigenvalue weighted by molar-refractivity contribution is 0.0988. The zero-order valence-electron chi connectivity index (χ0n) is 16.1. The smallest absolute Gasteiger partial charge is 0.276 e. The first-order valence-electron chi connectivity index (χ1n) is 8.89. The quantitative estimate of drug-likeness (QED) is 0.726. The molecule has 0 fully saturated rings. The first-order valence-corrected chi connectivity index (χ1v) is 8.89. The van der Waals surface area contributed by atoms with E-state index in [2.05, 4.69) is 42.1 Å². The second-order valence-corrected chi connectivity index (χ2v) is 7.39. The standard InChI is InChI=1S/C22H24N4O/c1-22(2,3)17-12-8-9-13-18(17)24-21-23-15-14-19(25-21)20(27)26(4)16-10-6-5-7-11-16/h5-15H,1-4H3,(H,23,24,25). The molecule has 1 N–H and O–H groups in total. The highest BCUT2D eigenvalue weighted by molar-refractivity contribution is 6.04. The summed E-state index contributed by atoms with van der Waals surface area (Å²) in [5.41, 5.74) is 3.23. The SMILES string of the molecule is CN(C(=O)c1ccnc(Nc2ccccc2C(C)(C)C)n1)c1ccccc1. The largest absolute Gasteiger partial charge is 0.324 e. The molecule has 27 heavy (non-hydrogen) atoms. The normalized spacial score (nSPS) is 11.1. The summed E-state index contributed by atoms with van der Waals surface area (Å²) >= 11 is 0. The highest BCUT2D eigenvalue weighted by atomic mass is 16.2. The third-order valence-corrected chi connectivity index (χ3v) is 4.30. The first kappa shape index (κ1) is 18.6. The summed E-state index contributed by atoms with van der Waals surface area (Å²) in [6.07, 6.45) is 1.60. The lowest BCUT2D eigenvalue weighted by atomic mass is 9.86. The van der Waals surface area contributed by atoms with Gasteiger partial charge in [0.05, 0.1) is 0 Å². The maximum absolute atomic E-state index is 12.8. The van der Waals surface area contributed by atoms with Crippen LogP contribution in [-0.2, 0) is 5.41 Å². The van der Waals surface area contributed by atoms with E-state index in [1.165, 1.54) is 0 Å². The van der Waals surface area contributed by atoms with Crippen molar-refractivity contribution in [3.05, 3.63) is 78.1 Å². The summed E-state index contributed by atoms with van der Waals surface area (Å²) in [5, 5.41) is 3.26. The number of carbonyl (C=O) groups excluding carboxylic acids is 1. The van der Waals surface area contributed by atoms with E-state index in [0.29, 0.717) is 11.6 Å². The topological polar surface area (TPSA) is 58.1 Å². The van der Waals surface area contributed by atoms with Crippen molar-refractivity contribution in [2.75, 3.05) is 17.3 Å². The Labute approximate surface area is 160 Å². The van der Waals surface area contributed by atoms with Crippen LogP contribution in [0.15, 0.2) is 66.9 Å². The number of aromatic nitrogens is 2. The Morgan fingerprint density at radius 1 is 0.963 bits per heavy atom. The minimum atomic E-state index is -0.184. The predicted octanol–water partition coefficient (Wildman–Crippen LogP) is 4.79. The number of anilines is 3. The van der Waals surface area contributed by atoms with E-state index in [4.69, 9.17) is 0 Å². The van der Waals surface area contributed by atoms with Crippen molar-refractivity contribution in [3.8, 4) is 0 Å². The molecule has 0 atom stereocenters. The second kappa shape index (κ2) is 7.58. The molecule has 0 saturated heterocycles. The van der Waals surface area contributed by atoms with Crippen LogP contribution in [0.3, 0.4) is 0 Å². The summed E-state index contributed by atoms with van der Waals surface area (Å²) in [4.78, 5) is 23.1. The van der Waals surface area contributed by atoms with Crippen LogP contribution in [0.5, 0.6) is 0 Å². The van der Waals surface area contributed by atoms with Gasteiger partial charge >= 0.3 is 0 Å². The molecule has 0 bridgehead atoms. The highest BCUT2D eigenvalue weighted by Gasteiger charge is 2.19. The van der Waals surface area contributed by atoms with Crippen molar-refractivity contribution < 1.29 is 4.79 Å². The van der Waals surface area contributed by atoms with Gasteiger partial charge in [-0.15, -0.1) is 0 Å². The molecule has 3 aromatic rings. The molecule has 0 aliphatic carbocycles. The third kappa shape index (κ3) is 4.31. The van der Waals surface area contributed by atoms with Gasteiger partial charge in [-0.2, -0.15) is 0 Å². The van der Waals surface area contributed by atoms with Crippen LogP contribution in [0.4, 0.5) is 17.3 Å². The Balaban J connectivity index is 1.86. The molecule has 1 amide bonds. The number of para-hydroxylation sites is 2. The molecule has 1 aromatic heterocycles. The molecular formula is C22H24N4O. The zero-order valence-corrected chi connectivity index (χ0v) is 16.1. The average molecular weight is 360 g/mol. The Morgan fingerprint density at radius 3 is 2.33 bits per heavy atom. The lowest BCUT2D eigenvalue weighted by Crippen LogP contribution is -2.27. The van der Waals surface area contributed by atoms with Crippen LogP contribution in [0, 0.1) is 0 Å². The van der Waals surface area contributed by atoms with Crippen molar-refractivity contribution in [3.63, 3.8) is 0 Å². The molecule has 0 radical (unpaired) electrons. The molecule has 0 unspecified atom stereocenters. The molecule has 1 heterocycles. The van der Waals surface area contributed by atoms with Crippen molar-refractivity contribution in [1.82, 2.24) is 9.97 Å². The summed E-state index contributed by atoms with van der Waals surface area (Å²) in [6.45, 7) is 6.47. The highest BCUT2D eigenvalue weighted by Crippen LogP contribution is 2.30. The molecule has 5 heteroatoms. The minimum Gasteiger partial charge on any atom is -0.324 e. The Hall–Kier alpha value is -3.21. The number of amides is 1. The number of carbonyl (C=O) groups is 1. The van der Waals surface area contributed by atoms with Crippen LogP contribution in [0.2, 0.25) is 0 Å². The summed E-state index contributed by atoms with van der Waals surface area (Å²) in [7, 11) is 1.74. The van der Waals surface area contributed by atoms with Crippen LogP contribution in [0.25, 0.3) is 0 Å². The Bertz CT molecular complexity index is 932. The van der Waals surface area contributed by atoms with E-state index in [1.54, 1.807) is 24.2 Å². The van der Waals surface area contributed by atoms with Gasteiger partial charge in [0.1, 0.15) is 5.69 Å². The molecule has 5 nitrogen and oxygen atoms in total. The van der Waals surface area contributed by atoms with Gasteiger partial charge in [-0.05, 0) is 35.2 Å². The lowest BCUT2D eigenvalue weighted by Gasteiger charge is -2.23. The molecule has 0 spiro atoms. The predicted molar refractivity (Wildman–Crippen MR) is 110 cm³/mol. The average Bonchev–Trinajstić information content (AvgIpc) is 2.67. The minimum absolute atomic E-state index is 0.0233. The molecular weight excluding hydrogens is 336 g/mol. The number of nitrogens with zero attached hydrogens (tertiary/aromatic N) is 3. The van der Waals surface area contributed by atoms with E-state index in [-0.39, 0.29) is 11.3 Å². The molecule has 0 aliphatic heterocycles. The Morgan fingerprint density at radius 2 is 1.63 bits per heavy atom. The molecule has 3 rings (SSSR count). The van der Waals surface area contributed by atoms with Crippen LogP contribution in [-0.4, -0.2) is 22.9 Å². The second-order valence-electron chi connectivity index (χ2n) is 7.39. The Kier molecular flexibility index (Phi) is 5.21.